The number of anilines is 1. The smallest absolute Gasteiger partial charge is 0.321 e. The molecule has 2 aromatic rings. The number of halogens is 4. The molecule has 0 bridgehead atoms. The first-order valence-corrected chi connectivity index (χ1v) is 11.2. The lowest BCUT2D eigenvalue weighted by atomic mass is 10.2. The van der Waals surface area contributed by atoms with Gasteiger partial charge in [-0.3, -0.25) is 4.79 Å². The lowest BCUT2D eigenvalue weighted by Gasteiger charge is -2.14. The van der Waals surface area contributed by atoms with Crippen LogP contribution in [0.5, 0.6) is 0 Å². The topological polar surface area (TPSA) is 75.3 Å². The molecule has 0 unspecified atom stereocenters. The van der Waals surface area contributed by atoms with Gasteiger partial charge >= 0.3 is 6.18 Å². The maximum absolute atomic E-state index is 12.6. The molecule has 0 fully saturated rings. The third-order valence-electron chi connectivity index (χ3n) is 3.41. The zero-order valence-corrected chi connectivity index (χ0v) is 17.8. The van der Waals surface area contributed by atoms with Crippen LogP contribution in [0.1, 0.15) is 24.2 Å². The number of hydrogen-bond acceptors (Lipinski definition) is 4. The van der Waals surface area contributed by atoms with Crippen molar-refractivity contribution in [2.75, 3.05) is 11.1 Å². The van der Waals surface area contributed by atoms with E-state index in [1.54, 1.807) is 26.0 Å². The van der Waals surface area contributed by atoms with Crippen molar-refractivity contribution in [3.63, 3.8) is 0 Å². The van der Waals surface area contributed by atoms with E-state index in [1.807, 2.05) is 0 Å². The Bertz CT molecular complexity index is 996. The maximum atomic E-state index is 12.6. The Morgan fingerprint density at radius 1 is 1.17 bits per heavy atom. The number of carbonyl (C=O) groups is 1. The molecule has 0 radical (unpaired) electrons. The van der Waals surface area contributed by atoms with Crippen LogP contribution in [0.25, 0.3) is 0 Å². The summed E-state index contributed by atoms with van der Waals surface area (Å²) in [5, 5.41) is 2.50. The van der Waals surface area contributed by atoms with Gasteiger partial charge in [-0.2, -0.15) is 13.2 Å². The van der Waals surface area contributed by atoms with Crippen LogP contribution in [0.2, 0.25) is 5.02 Å². The standard InChI is InChI=1S/C18H18ClF3N2O3S2/c1-11(2)24-29(26,27)12-7-8-14(19)13(9-12)17(25)23-15-5-3-4-6-16(15)28-10-18(20,21)22/h3-9,11,24H,10H2,1-2H3,(H,23,25). The van der Waals surface area contributed by atoms with Gasteiger partial charge < -0.3 is 5.32 Å². The van der Waals surface area contributed by atoms with E-state index in [-0.39, 0.29) is 32.1 Å². The van der Waals surface area contributed by atoms with E-state index >= 15 is 0 Å². The molecule has 0 atom stereocenters. The summed E-state index contributed by atoms with van der Waals surface area (Å²) in [6, 6.07) is 9.30. The number of rotatable bonds is 7. The molecule has 0 aliphatic rings. The molecule has 5 nitrogen and oxygen atoms in total. The fourth-order valence-electron chi connectivity index (χ4n) is 2.27. The molecule has 2 rings (SSSR count). The lowest BCUT2D eigenvalue weighted by Crippen LogP contribution is -2.30. The quantitative estimate of drug-likeness (QED) is 0.567. The number of amides is 1. The zero-order chi connectivity index (χ0) is 21.8. The number of para-hydroxylation sites is 1. The molecule has 0 spiro atoms. The van der Waals surface area contributed by atoms with E-state index in [0.29, 0.717) is 11.8 Å². The number of nitrogens with one attached hydrogen (secondary N) is 2. The minimum atomic E-state index is -4.36. The van der Waals surface area contributed by atoms with Gasteiger partial charge in [0.25, 0.3) is 5.91 Å². The second kappa shape index (κ2) is 9.38. The van der Waals surface area contributed by atoms with Gasteiger partial charge in [0.1, 0.15) is 0 Å². The van der Waals surface area contributed by atoms with Crippen LogP contribution in [0.4, 0.5) is 18.9 Å². The van der Waals surface area contributed by atoms with E-state index in [2.05, 4.69) is 10.0 Å². The summed E-state index contributed by atoms with van der Waals surface area (Å²) in [5.41, 5.74) is 0.0466. The first-order valence-electron chi connectivity index (χ1n) is 8.31. The van der Waals surface area contributed by atoms with E-state index in [9.17, 15) is 26.4 Å². The summed E-state index contributed by atoms with van der Waals surface area (Å²) in [6.07, 6.45) is -4.36. The van der Waals surface area contributed by atoms with Gasteiger partial charge in [0, 0.05) is 10.9 Å². The molecule has 0 saturated carbocycles. The monoisotopic (exact) mass is 466 g/mol. The average molecular weight is 467 g/mol. The summed E-state index contributed by atoms with van der Waals surface area (Å²) in [4.78, 5) is 12.7. The van der Waals surface area contributed by atoms with Crippen LogP contribution in [0.15, 0.2) is 52.3 Å². The minimum Gasteiger partial charge on any atom is -0.321 e. The summed E-state index contributed by atoms with van der Waals surface area (Å²) < 4.78 is 64.6. The van der Waals surface area contributed by atoms with E-state index in [1.165, 1.54) is 24.3 Å². The highest BCUT2D eigenvalue weighted by Gasteiger charge is 2.28. The maximum Gasteiger partial charge on any atom is 0.398 e. The molecule has 29 heavy (non-hydrogen) atoms. The Balaban J connectivity index is 2.29. The third-order valence-corrected chi connectivity index (χ3v) is 6.53. The van der Waals surface area contributed by atoms with Gasteiger partial charge in [0.15, 0.2) is 0 Å². The fraction of sp³-hybridized carbons (Fsp3) is 0.278. The van der Waals surface area contributed by atoms with Gasteiger partial charge in [-0.15, -0.1) is 11.8 Å². The van der Waals surface area contributed by atoms with Crippen LogP contribution < -0.4 is 10.0 Å². The van der Waals surface area contributed by atoms with Crippen molar-refractivity contribution in [1.29, 1.82) is 0 Å². The Morgan fingerprint density at radius 3 is 2.45 bits per heavy atom. The van der Waals surface area contributed by atoms with Gasteiger partial charge in [-0.05, 0) is 44.2 Å². The van der Waals surface area contributed by atoms with Gasteiger partial charge in [0.2, 0.25) is 10.0 Å². The summed E-state index contributed by atoms with van der Waals surface area (Å²) in [7, 11) is -3.86. The minimum absolute atomic E-state index is 0.00595. The van der Waals surface area contributed by atoms with Gasteiger partial charge in [-0.1, -0.05) is 23.7 Å². The first kappa shape index (κ1) is 23.5. The molecule has 0 aromatic heterocycles. The number of thioether (sulfide) groups is 1. The molecule has 0 saturated heterocycles. The molecule has 0 aliphatic carbocycles. The predicted molar refractivity (Wildman–Crippen MR) is 108 cm³/mol. The predicted octanol–water partition coefficient (Wildman–Crippen LogP) is 4.93. The van der Waals surface area contributed by atoms with Crippen molar-refractivity contribution in [3.05, 3.63) is 53.1 Å². The molecule has 158 valence electrons. The van der Waals surface area contributed by atoms with Crippen LogP contribution in [-0.2, 0) is 10.0 Å². The Morgan fingerprint density at radius 2 is 1.83 bits per heavy atom. The molecule has 0 aliphatic heterocycles. The van der Waals surface area contributed by atoms with Crippen molar-refractivity contribution < 1.29 is 26.4 Å². The Kier molecular flexibility index (Phi) is 7.61. The van der Waals surface area contributed by atoms with Gasteiger partial charge in [0.05, 0.1) is 26.9 Å². The van der Waals surface area contributed by atoms with Crippen LogP contribution in [0, 0.1) is 0 Å². The van der Waals surface area contributed by atoms with E-state index in [0.717, 1.165) is 6.07 Å². The Hall–Kier alpha value is -1.75. The highest BCUT2D eigenvalue weighted by Crippen LogP contribution is 2.32. The SMILES string of the molecule is CC(C)NS(=O)(=O)c1ccc(Cl)c(C(=O)Nc2ccccc2SCC(F)(F)F)c1. The van der Waals surface area contributed by atoms with Crippen molar-refractivity contribution >= 4 is 45.0 Å². The fourth-order valence-corrected chi connectivity index (χ4v) is 4.52. The molecular formula is C18H18ClF3N2O3S2. The van der Waals surface area contributed by atoms with Crippen molar-refractivity contribution in [2.24, 2.45) is 0 Å². The number of carbonyl (C=O) groups excluding carboxylic acids is 1. The number of benzene rings is 2. The highest BCUT2D eigenvalue weighted by molar-refractivity contribution is 7.99. The van der Waals surface area contributed by atoms with Crippen LogP contribution in [0.3, 0.4) is 0 Å². The molecule has 0 heterocycles. The second-order valence-electron chi connectivity index (χ2n) is 6.27. The molecule has 2 aromatic carbocycles. The summed E-state index contributed by atoms with van der Waals surface area (Å²) in [6.45, 7) is 3.30. The normalized spacial score (nSPS) is 12.2. The molecule has 11 heteroatoms. The summed E-state index contributed by atoms with van der Waals surface area (Å²) in [5.74, 6) is -1.86. The lowest BCUT2D eigenvalue weighted by molar-refractivity contribution is -0.105. The second-order valence-corrected chi connectivity index (χ2v) is 9.41. The largest absolute Gasteiger partial charge is 0.398 e. The highest BCUT2D eigenvalue weighted by atomic mass is 35.5. The van der Waals surface area contributed by atoms with Crippen LogP contribution in [-0.4, -0.2) is 32.3 Å². The van der Waals surface area contributed by atoms with E-state index in [4.69, 9.17) is 11.6 Å². The van der Waals surface area contributed by atoms with Crippen molar-refractivity contribution in [2.45, 2.75) is 35.9 Å². The van der Waals surface area contributed by atoms with Crippen LogP contribution >= 0.6 is 23.4 Å². The van der Waals surface area contributed by atoms with Crippen molar-refractivity contribution in [1.82, 2.24) is 4.72 Å². The third kappa shape index (κ3) is 6.91. The average Bonchev–Trinajstić information content (AvgIpc) is 2.59. The zero-order valence-electron chi connectivity index (χ0n) is 15.4. The Labute approximate surface area is 176 Å². The molecular weight excluding hydrogens is 449 g/mol. The number of alkyl halides is 3. The number of sulfonamides is 1. The molecule has 2 N–H and O–H groups in total. The molecule has 1 amide bonds. The van der Waals surface area contributed by atoms with E-state index < -0.39 is 27.9 Å². The number of hydrogen-bond donors (Lipinski definition) is 2. The summed E-state index contributed by atoms with van der Waals surface area (Å²) >= 11 is 6.57. The first-order chi connectivity index (χ1) is 13.4. The van der Waals surface area contributed by atoms with Crippen molar-refractivity contribution in [3.8, 4) is 0 Å². The van der Waals surface area contributed by atoms with Gasteiger partial charge in [-0.25, -0.2) is 13.1 Å².